The van der Waals surface area contributed by atoms with E-state index in [-0.39, 0.29) is 5.91 Å². The Morgan fingerprint density at radius 2 is 1.60 bits per heavy atom. The predicted molar refractivity (Wildman–Crippen MR) is 110 cm³/mol. The lowest BCUT2D eigenvalue weighted by Gasteiger charge is -2.55. The fourth-order valence-electron chi connectivity index (χ4n) is 4.59. The Labute approximate surface area is 173 Å². The molecule has 160 valence electrons. The molecule has 0 saturated heterocycles. The SMILES string of the molecule is CC(=O)N1c2ccc(C(=O)C(F)(F)F)cc2C(C)(c2ccc(C)cc2)C(N)C1(C)C. The van der Waals surface area contributed by atoms with E-state index in [9.17, 15) is 22.8 Å². The zero-order valence-electron chi connectivity index (χ0n) is 17.6. The number of nitrogens with zero attached hydrogens (tertiary/aromatic N) is 1. The van der Waals surface area contributed by atoms with E-state index in [1.54, 1.807) is 0 Å². The first-order valence-corrected chi connectivity index (χ1v) is 9.62. The summed E-state index contributed by atoms with van der Waals surface area (Å²) in [5.41, 5.74) is 7.18. The van der Waals surface area contributed by atoms with Crippen LogP contribution in [0.5, 0.6) is 0 Å². The number of nitrogens with two attached hydrogens (primary N) is 1. The Bertz CT molecular complexity index is 1010. The molecule has 7 heteroatoms. The quantitative estimate of drug-likeness (QED) is 0.730. The van der Waals surface area contributed by atoms with Crippen LogP contribution in [0.15, 0.2) is 42.5 Å². The van der Waals surface area contributed by atoms with Crippen LogP contribution >= 0.6 is 0 Å². The molecule has 2 N–H and O–H groups in total. The molecule has 0 aromatic heterocycles. The Morgan fingerprint density at radius 3 is 2.10 bits per heavy atom. The van der Waals surface area contributed by atoms with Crippen LogP contribution in [0.1, 0.15) is 54.7 Å². The summed E-state index contributed by atoms with van der Waals surface area (Å²) in [5, 5.41) is 0. The monoisotopic (exact) mass is 418 g/mol. The number of carbonyl (C=O) groups excluding carboxylic acids is 2. The summed E-state index contributed by atoms with van der Waals surface area (Å²) in [5.74, 6) is -2.21. The first-order valence-electron chi connectivity index (χ1n) is 9.62. The fraction of sp³-hybridized carbons (Fsp3) is 0.391. The third kappa shape index (κ3) is 3.21. The normalized spacial score (nSPS) is 23.1. The van der Waals surface area contributed by atoms with Gasteiger partial charge in [-0.05, 0) is 57.0 Å². The predicted octanol–water partition coefficient (Wildman–Crippen LogP) is 4.52. The molecule has 3 rings (SSSR count). The van der Waals surface area contributed by atoms with Gasteiger partial charge in [0.2, 0.25) is 5.91 Å². The van der Waals surface area contributed by atoms with Crippen LogP contribution in [-0.4, -0.2) is 29.4 Å². The Morgan fingerprint density at radius 1 is 1.03 bits per heavy atom. The van der Waals surface area contributed by atoms with Crippen molar-refractivity contribution in [3.63, 3.8) is 0 Å². The molecule has 1 heterocycles. The van der Waals surface area contributed by atoms with Gasteiger partial charge in [-0.3, -0.25) is 9.59 Å². The number of amides is 1. The number of rotatable bonds is 2. The van der Waals surface area contributed by atoms with Gasteiger partial charge in [-0.2, -0.15) is 13.2 Å². The van der Waals surface area contributed by atoms with Crippen LogP contribution in [0.4, 0.5) is 18.9 Å². The summed E-state index contributed by atoms with van der Waals surface area (Å²) in [6.45, 7) is 8.85. The van der Waals surface area contributed by atoms with Crippen molar-refractivity contribution in [2.45, 2.75) is 57.8 Å². The number of hydrogen-bond acceptors (Lipinski definition) is 3. The zero-order valence-corrected chi connectivity index (χ0v) is 17.6. The van der Waals surface area contributed by atoms with Gasteiger partial charge in [-0.1, -0.05) is 29.8 Å². The lowest BCUT2D eigenvalue weighted by Crippen LogP contribution is -2.68. The molecular formula is C23H25F3N2O2. The van der Waals surface area contributed by atoms with Crippen molar-refractivity contribution in [1.29, 1.82) is 0 Å². The molecule has 0 bridgehead atoms. The molecule has 0 saturated carbocycles. The number of anilines is 1. The number of Topliss-reactive ketones (excluding diaryl/α,β-unsaturated/α-hetero) is 1. The number of fused-ring (bicyclic) bond motifs is 1. The summed E-state index contributed by atoms with van der Waals surface area (Å²) in [6.07, 6.45) is -5.00. The number of halogens is 3. The molecule has 30 heavy (non-hydrogen) atoms. The van der Waals surface area contributed by atoms with Crippen LogP contribution in [0.3, 0.4) is 0 Å². The van der Waals surface area contributed by atoms with Gasteiger partial charge in [0.05, 0.1) is 5.54 Å². The zero-order chi connectivity index (χ0) is 22.6. The largest absolute Gasteiger partial charge is 0.454 e. The van der Waals surface area contributed by atoms with Gasteiger partial charge < -0.3 is 10.6 Å². The second-order valence-electron chi connectivity index (χ2n) is 8.61. The van der Waals surface area contributed by atoms with Gasteiger partial charge in [0.1, 0.15) is 0 Å². The van der Waals surface area contributed by atoms with Gasteiger partial charge >= 0.3 is 6.18 Å². The molecule has 0 aliphatic carbocycles. The fourth-order valence-corrected chi connectivity index (χ4v) is 4.59. The number of aryl methyl sites for hydroxylation is 1. The van der Waals surface area contributed by atoms with Gasteiger partial charge in [0, 0.05) is 29.6 Å². The Kier molecular flexibility index (Phi) is 5.10. The molecule has 1 aliphatic rings. The van der Waals surface area contributed by atoms with E-state index in [2.05, 4.69) is 0 Å². The molecule has 0 radical (unpaired) electrons. The second kappa shape index (κ2) is 6.94. The summed E-state index contributed by atoms with van der Waals surface area (Å²) in [7, 11) is 0. The molecule has 0 spiro atoms. The average molecular weight is 418 g/mol. The maximum atomic E-state index is 13.1. The highest BCUT2D eigenvalue weighted by atomic mass is 19.4. The third-order valence-corrected chi connectivity index (χ3v) is 6.24. The first-order chi connectivity index (χ1) is 13.7. The standard InChI is InChI=1S/C23H25F3N2O2/c1-13-6-9-16(10-7-13)22(5)17-12-15(19(30)23(24,25)26)8-11-18(17)28(14(2)29)21(3,4)20(22)27/h6-12,20H,27H2,1-5H3. The van der Waals surface area contributed by atoms with E-state index >= 15 is 0 Å². The number of benzene rings is 2. The number of hydrogen-bond donors (Lipinski definition) is 1. The van der Waals surface area contributed by atoms with E-state index in [4.69, 9.17) is 5.73 Å². The second-order valence-corrected chi connectivity index (χ2v) is 8.61. The topological polar surface area (TPSA) is 63.4 Å². The van der Waals surface area contributed by atoms with Gasteiger partial charge in [0.15, 0.2) is 0 Å². The van der Waals surface area contributed by atoms with E-state index in [1.165, 1.54) is 24.0 Å². The minimum absolute atomic E-state index is 0.280. The molecular weight excluding hydrogens is 393 g/mol. The maximum absolute atomic E-state index is 13.1. The van der Waals surface area contributed by atoms with Crippen molar-refractivity contribution >= 4 is 17.4 Å². The van der Waals surface area contributed by atoms with Gasteiger partial charge in [-0.15, -0.1) is 0 Å². The van der Waals surface area contributed by atoms with E-state index in [0.717, 1.165) is 17.2 Å². The Balaban J connectivity index is 2.36. The molecule has 4 nitrogen and oxygen atoms in total. The smallest absolute Gasteiger partial charge is 0.325 e. The molecule has 0 fully saturated rings. The van der Waals surface area contributed by atoms with E-state index < -0.39 is 34.5 Å². The summed E-state index contributed by atoms with van der Waals surface area (Å²) in [4.78, 5) is 26.0. The van der Waals surface area contributed by atoms with E-state index in [0.29, 0.717) is 11.3 Å². The average Bonchev–Trinajstić information content (AvgIpc) is 2.65. The molecule has 1 amide bonds. The van der Waals surface area contributed by atoms with Crippen LogP contribution in [0.25, 0.3) is 0 Å². The van der Waals surface area contributed by atoms with Crippen molar-refractivity contribution in [3.8, 4) is 0 Å². The van der Waals surface area contributed by atoms with Crippen LogP contribution in [0, 0.1) is 6.92 Å². The van der Waals surface area contributed by atoms with Crippen molar-refractivity contribution in [3.05, 3.63) is 64.7 Å². The van der Waals surface area contributed by atoms with Crippen LogP contribution in [-0.2, 0) is 10.2 Å². The molecule has 2 aromatic rings. The number of alkyl halides is 3. The molecule has 2 aromatic carbocycles. The van der Waals surface area contributed by atoms with Crippen molar-refractivity contribution < 1.29 is 22.8 Å². The highest BCUT2D eigenvalue weighted by Crippen LogP contribution is 2.50. The lowest BCUT2D eigenvalue weighted by molar-refractivity contribution is -0.118. The van der Waals surface area contributed by atoms with Crippen LogP contribution in [0.2, 0.25) is 0 Å². The van der Waals surface area contributed by atoms with Crippen LogP contribution < -0.4 is 10.6 Å². The molecule has 2 unspecified atom stereocenters. The molecule has 2 atom stereocenters. The maximum Gasteiger partial charge on any atom is 0.454 e. The highest BCUT2D eigenvalue weighted by Gasteiger charge is 2.54. The number of ketones is 1. The van der Waals surface area contributed by atoms with Crippen molar-refractivity contribution in [2.24, 2.45) is 5.73 Å². The molecule has 1 aliphatic heterocycles. The van der Waals surface area contributed by atoms with Crippen molar-refractivity contribution in [2.75, 3.05) is 4.90 Å². The van der Waals surface area contributed by atoms with E-state index in [1.807, 2.05) is 52.0 Å². The lowest BCUT2D eigenvalue weighted by atomic mass is 9.61. The van der Waals surface area contributed by atoms with Crippen molar-refractivity contribution in [1.82, 2.24) is 0 Å². The minimum atomic E-state index is -5.00. The highest BCUT2D eigenvalue weighted by molar-refractivity contribution is 6.02. The third-order valence-electron chi connectivity index (χ3n) is 6.24. The van der Waals surface area contributed by atoms with Gasteiger partial charge in [0.25, 0.3) is 5.78 Å². The first kappa shape index (κ1) is 22.0. The Hall–Kier alpha value is -2.67. The summed E-state index contributed by atoms with van der Waals surface area (Å²) < 4.78 is 39.3. The minimum Gasteiger partial charge on any atom is -0.325 e. The summed E-state index contributed by atoms with van der Waals surface area (Å²) in [6, 6.07) is 10.7. The number of carbonyl (C=O) groups is 2. The van der Waals surface area contributed by atoms with Gasteiger partial charge in [-0.25, -0.2) is 0 Å². The summed E-state index contributed by atoms with van der Waals surface area (Å²) >= 11 is 0.